The lowest BCUT2D eigenvalue weighted by atomic mass is 9.98. The van der Waals surface area contributed by atoms with Gasteiger partial charge in [-0.05, 0) is 46.0 Å². The Kier molecular flexibility index (Phi) is 4.80. The number of halogens is 1. The predicted molar refractivity (Wildman–Crippen MR) is 65.8 cm³/mol. The quantitative estimate of drug-likeness (QED) is 0.905. The van der Waals surface area contributed by atoms with E-state index in [4.69, 9.17) is 9.84 Å². The number of hydrogen-bond acceptors (Lipinski definition) is 2. The molecule has 1 unspecified atom stereocenters. The van der Waals surface area contributed by atoms with Crippen molar-refractivity contribution in [3.8, 4) is 5.75 Å². The monoisotopic (exact) mass is 286 g/mol. The molecule has 1 N–H and O–H groups in total. The van der Waals surface area contributed by atoms with Crippen molar-refractivity contribution in [1.82, 2.24) is 0 Å². The maximum absolute atomic E-state index is 10.5. The molecule has 0 aliphatic carbocycles. The molecule has 1 aromatic rings. The lowest BCUT2D eigenvalue weighted by Gasteiger charge is -2.10. The Hall–Kier alpha value is -1.03. The fourth-order valence-electron chi connectivity index (χ4n) is 1.61. The van der Waals surface area contributed by atoms with Gasteiger partial charge >= 0.3 is 5.97 Å². The highest BCUT2D eigenvalue weighted by atomic mass is 79.9. The minimum atomic E-state index is -0.750. The average Bonchev–Trinajstić information content (AvgIpc) is 2.16. The van der Waals surface area contributed by atoms with Gasteiger partial charge in [0.05, 0.1) is 11.6 Å². The molecule has 4 heteroatoms. The topological polar surface area (TPSA) is 46.5 Å². The summed E-state index contributed by atoms with van der Waals surface area (Å²) in [5, 5.41) is 8.67. The van der Waals surface area contributed by atoms with Crippen LogP contribution in [0.3, 0.4) is 0 Å². The predicted octanol–water partition coefficient (Wildman–Crippen LogP) is 3.11. The zero-order valence-corrected chi connectivity index (χ0v) is 11.0. The van der Waals surface area contributed by atoms with Gasteiger partial charge in [0, 0.05) is 6.42 Å². The molecule has 0 saturated heterocycles. The van der Waals surface area contributed by atoms with Crippen molar-refractivity contribution in [3.63, 3.8) is 0 Å². The number of aliphatic carboxylic acids is 1. The summed E-state index contributed by atoms with van der Waals surface area (Å²) < 4.78 is 6.03. The molecule has 0 aliphatic rings. The largest absolute Gasteiger partial charge is 0.496 e. The fraction of sp³-hybridized carbons (Fsp3) is 0.417. The maximum Gasteiger partial charge on any atom is 0.303 e. The number of benzene rings is 1. The third kappa shape index (κ3) is 3.85. The molecular formula is C12H15BrO3. The van der Waals surface area contributed by atoms with Gasteiger partial charge in [-0.1, -0.05) is 13.0 Å². The lowest BCUT2D eigenvalue weighted by molar-refractivity contribution is -0.137. The summed E-state index contributed by atoms with van der Waals surface area (Å²) in [5.41, 5.74) is 1.11. The van der Waals surface area contributed by atoms with Gasteiger partial charge in [-0.15, -0.1) is 0 Å². The van der Waals surface area contributed by atoms with Crippen LogP contribution in [0.4, 0.5) is 0 Å². The summed E-state index contributed by atoms with van der Waals surface area (Å²) in [4.78, 5) is 10.5. The summed E-state index contributed by atoms with van der Waals surface area (Å²) in [6, 6.07) is 5.81. The van der Waals surface area contributed by atoms with E-state index in [1.165, 1.54) is 0 Å². The van der Waals surface area contributed by atoms with E-state index in [2.05, 4.69) is 15.9 Å². The Morgan fingerprint density at radius 2 is 2.25 bits per heavy atom. The van der Waals surface area contributed by atoms with Gasteiger partial charge in [-0.25, -0.2) is 0 Å². The normalized spacial score (nSPS) is 12.2. The Bertz CT molecular complexity index is 377. The Morgan fingerprint density at radius 1 is 1.56 bits per heavy atom. The first-order valence-corrected chi connectivity index (χ1v) is 5.86. The molecule has 1 aromatic carbocycles. The number of hydrogen-bond donors (Lipinski definition) is 1. The zero-order valence-electron chi connectivity index (χ0n) is 9.37. The van der Waals surface area contributed by atoms with Crippen LogP contribution in [-0.2, 0) is 11.2 Å². The highest BCUT2D eigenvalue weighted by Gasteiger charge is 2.09. The van der Waals surface area contributed by atoms with Gasteiger partial charge in [0.25, 0.3) is 0 Å². The zero-order chi connectivity index (χ0) is 12.1. The summed E-state index contributed by atoms with van der Waals surface area (Å²) in [6.07, 6.45) is 0.957. The fourth-order valence-corrected chi connectivity index (χ4v) is 2.20. The highest BCUT2D eigenvalue weighted by molar-refractivity contribution is 9.10. The van der Waals surface area contributed by atoms with Crippen molar-refractivity contribution in [2.24, 2.45) is 5.92 Å². The summed E-state index contributed by atoms with van der Waals surface area (Å²) >= 11 is 3.41. The first-order chi connectivity index (χ1) is 7.52. The Balaban J connectivity index is 2.67. The van der Waals surface area contributed by atoms with Crippen molar-refractivity contribution < 1.29 is 14.6 Å². The van der Waals surface area contributed by atoms with E-state index < -0.39 is 5.97 Å². The maximum atomic E-state index is 10.5. The first kappa shape index (κ1) is 13.0. The Labute approximate surface area is 104 Å². The summed E-state index contributed by atoms with van der Waals surface area (Å²) in [6.45, 7) is 1.94. The van der Waals surface area contributed by atoms with Gasteiger partial charge in [-0.2, -0.15) is 0 Å². The minimum Gasteiger partial charge on any atom is -0.496 e. The van der Waals surface area contributed by atoms with Crippen molar-refractivity contribution in [2.45, 2.75) is 19.8 Å². The van der Waals surface area contributed by atoms with E-state index in [-0.39, 0.29) is 12.3 Å². The second kappa shape index (κ2) is 5.89. The van der Waals surface area contributed by atoms with Crippen LogP contribution in [0.1, 0.15) is 18.9 Å². The molecule has 1 atom stereocenters. The highest BCUT2D eigenvalue weighted by Crippen LogP contribution is 2.26. The van der Waals surface area contributed by atoms with Gasteiger partial charge in [0.1, 0.15) is 5.75 Å². The molecule has 0 amide bonds. The molecule has 0 aromatic heterocycles. The third-order valence-corrected chi connectivity index (χ3v) is 2.94. The molecule has 1 rings (SSSR count). The van der Waals surface area contributed by atoms with Crippen LogP contribution in [0.2, 0.25) is 0 Å². The van der Waals surface area contributed by atoms with Crippen molar-refractivity contribution >= 4 is 21.9 Å². The van der Waals surface area contributed by atoms with Crippen LogP contribution in [0.15, 0.2) is 22.7 Å². The van der Waals surface area contributed by atoms with E-state index in [9.17, 15) is 4.79 Å². The van der Waals surface area contributed by atoms with E-state index in [1.807, 2.05) is 25.1 Å². The number of carboxylic acids is 1. The van der Waals surface area contributed by atoms with Crippen molar-refractivity contribution in [3.05, 3.63) is 28.2 Å². The van der Waals surface area contributed by atoms with Crippen molar-refractivity contribution in [1.29, 1.82) is 0 Å². The molecule has 0 heterocycles. The van der Waals surface area contributed by atoms with Gasteiger partial charge < -0.3 is 9.84 Å². The van der Waals surface area contributed by atoms with Crippen LogP contribution >= 0.6 is 15.9 Å². The number of rotatable bonds is 5. The van der Waals surface area contributed by atoms with Crippen LogP contribution in [-0.4, -0.2) is 18.2 Å². The smallest absolute Gasteiger partial charge is 0.303 e. The first-order valence-electron chi connectivity index (χ1n) is 5.07. The van der Waals surface area contributed by atoms with Gasteiger partial charge in [-0.3, -0.25) is 4.79 Å². The molecule has 0 aliphatic heterocycles. The second-order valence-electron chi connectivity index (χ2n) is 3.88. The van der Waals surface area contributed by atoms with Crippen LogP contribution in [0.5, 0.6) is 5.75 Å². The van der Waals surface area contributed by atoms with Gasteiger partial charge in [0.2, 0.25) is 0 Å². The second-order valence-corrected chi connectivity index (χ2v) is 4.73. The molecule has 0 spiro atoms. The van der Waals surface area contributed by atoms with E-state index in [0.29, 0.717) is 0 Å². The number of carbonyl (C=O) groups is 1. The lowest BCUT2D eigenvalue weighted by Crippen LogP contribution is -2.07. The Morgan fingerprint density at radius 3 is 2.75 bits per heavy atom. The molecule has 88 valence electrons. The van der Waals surface area contributed by atoms with Crippen LogP contribution in [0, 0.1) is 5.92 Å². The molecule has 16 heavy (non-hydrogen) atoms. The summed E-state index contributed by atoms with van der Waals surface area (Å²) in [7, 11) is 1.62. The minimum absolute atomic E-state index is 0.137. The molecule has 0 fully saturated rings. The molecule has 0 bridgehead atoms. The molecule has 0 radical (unpaired) electrons. The van der Waals surface area contributed by atoms with Crippen molar-refractivity contribution in [2.75, 3.05) is 7.11 Å². The van der Waals surface area contributed by atoms with Crippen LogP contribution in [0.25, 0.3) is 0 Å². The number of methoxy groups -OCH3 is 1. The average molecular weight is 287 g/mol. The molecular weight excluding hydrogens is 272 g/mol. The third-order valence-electron chi connectivity index (χ3n) is 2.32. The molecule has 0 saturated carbocycles. The molecule has 3 nitrogen and oxygen atoms in total. The van der Waals surface area contributed by atoms with E-state index in [1.54, 1.807) is 7.11 Å². The van der Waals surface area contributed by atoms with Crippen LogP contribution < -0.4 is 4.74 Å². The SMILES string of the molecule is COc1ccc(CC(C)CC(=O)O)cc1Br. The number of carboxylic acid groups (broad SMARTS) is 1. The standard InChI is InChI=1S/C12H15BrO3/c1-8(6-12(14)15)5-9-3-4-11(16-2)10(13)7-9/h3-4,7-8H,5-6H2,1-2H3,(H,14,15). The number of ether oxygens (including phenoxy) is 1. The summed E-state index contributed by atoms with van der Waals surface area (Å²) in [5.74, 6) is 0.174. The van der Waals surface area contributed by atoms with Gasteiger partial charge in [0.15, 0.2) is 0 Å². The van der Waals surface area contributed by atoms with E-state index >= 15 is 0 Å². The van der Waals surface area contributed by atoms with E-state index in [0.717, 1.165) is 22.2 Å².